The van der Waals surface area contributed by atoms with E-state index in [1.807, 2.05) is 42.5 Å². The Morgan fingerprint density at radius 2 is 1.27 bits per heavy atom. The molecule has 1 fully saturated rings. The monoisotopic (exact) mass is 350 g/mol. The smallest absolute Gasteiger partial charge is 0.338 e. The molecule has 130 valence electrons. The molecular weight excluding hydrogens is 336 g/mol. The van der Waals surface area contributed by atoms with E-state index in [-0.39, 0.29) is 26.2 Å². The summed E-state index contributed by atoms with van der Waals surface area (Å²) in [7, 11) is 0. The van der Waals surface area contributed by atoms with Crippen LogP contribution >= 0.6 is 0 Å². The van der Waals surface area contributed by atoms with E-state index >= 15 is 0 Å². The molecule has 5 rings (SSSR count). The first kappa shape index (κ1) is 14.9. The van der Waals surface area contributed by atoms with Crippen LogP contribution in [0.15, 0.2) is 47.5 Å². The summed E-state index contributed by atoms with van der Waals surface area (Å²) in [6.45, 7) is 0.683. The van der Waals surface area contributed by atoms with Gasteiger partial charge in [0.15, 0.2) is 23.0 Å². The molecule has 26 heavy (non-hydrogen) atoms. The first-order chi connectivity index (χ1) is 12.8. The maximum atomic E-state index is 12.2. The lowest BCUT2D eigenvalue weighted by molar-refractivity contribution is -0.134. The van der Waals surface area contributed by atoms with E-state index in [0.29, 0.717) is 22.8 Å². The van der Waals surface area contributed by atoms with Gasteiger partial charge in [-0.25, -0.2) is 4.79 Å². The number of esters is 1. The Bertz CT molecular complexity index is 972. The van der Waals surface area contributed by atoms with E-state index in [0.717, 1.165) is 22.4 Å². The Kier molecular flexibility index (Phi) is 3.35. The van der Waals surface area contributed by atoms with Crippen molar-refractivity contribution in [2.75, 3.05) is 20.2 Å². The molecule has 0 N–H and O–H groups in total. The molecule has 0 aromatic heterocycles. The van der Waals surface area contributed by atoms with Crippen LogP contribution in [0.4, 0.5) is 0 Å². The molecule has 6 heteroatoms. The number of ether oxygens (including phenoxy) is 5. The average molecular weight is 350 g/mol. The van der Waals surface area contributed by atoms with Gasteiger partial charge >= 0.3 is 5.97 Å². The third-order valence-corrected chi connectivity index (χ3v) is 4.37. The van der Waals surface area contributed by atoms with Crippen molar-refractivity contribution in [2.24, 2.45) is 0 Å². The summed E-state index contributed by atoms with van der Waals surface area (Å²) < 4.78 is 26.6. The van der Waals surface area contributed by atoms with E-state index < -0.39 is 0 Å². The van der Waals surface area contributed by atoms with Gasteiger partial charge in [-0.1, -0.05) is 12.1 Å². The molecule has 0 spiro atoms. The Labute approximate surface area is 149 Å². The van der Waals surface area contributed by atoms with Gasteiger partial charge in [-0.2, -0.15) is 0 Å². The van der Waals surface area contributed by atoms with Crippen molar-refractivity contribution in [3.63, 3.8) is 0 Å². The van der Waals surface area contributed by atoms with Crippen LogP contribution in [0.3, 0.4) is 0 Å². The molecule has 3 aliphatic heterocycles. The molecule has 0 atom stereocenters. The van der Waals surface area contributed by atoms with Crippen molar-refractivity contribution in [2.45, 2.75) is 0 Å². The van der Waals surface area contributed by atoms with Crippen molar-refractivity contribution in [1.82, 2.24) is 0 Å². The van der Waals surface area contributed by atoms with Crippen molar-refractivity contribution in [3.8, 4) is 23.0 Å². The Morgan fingerprint density at radius 3 is 1.92 bits per heavy atom. The first-order valence-electron chi connectivity index (χ1n) is 8.15. The van der Waals surface area contributed by atoms with Gasteiger partial charge in [-0.05, 0) is 47.5 Å². The molecule has 0 aliphatic carbocycles. The van der Waals surface area contributed by atoms with Gasteiger partial charge in [-0.15, -0.1) is 0 Å². The summed E-state index contributed by atoms with van der Waals surface area (Å²) in [6.07, 6.45) is 3.72. The summed E-state index contributed by atoms with van der Waals surface area (Å²) in [4.78, 5) is 12.2. The molecule has 0 unspecified atom stereocenters. The van der Waals surface area contributed by atoms with Gasteiger partial charge in [0.05, 0.1) is 5.57 Å². The van der Waals surface area contributed by atoms with Crippen LogP contribution in [0.5, 0.6) is 23.0 Å². The molecule has 0 amide bonds. The van der Waals surface area contributed by atoms with E-state index in [2.05, 4.69) is 0 Å². The minimum Gasteiger partial charge on any atom is -0.457 e. The first-order valence-corrected chi connectivity index (χ1v) is 8.15. The maximum absolute atomic E-state index is 12.2. The summed E-state index contributed by atoms with van der Waals surface area (Å²) in [5, 5.41) is 0. The van der Waals surface area contributed by atoms with Crippen LogP contribution in [0, 0.1) is 0 Å². The highest BCUT2D eigenvalue weighted by atomic mass is 16.7. The second-order valence-corrected chi connectivity index (χ2v) is 6.03. The van der Waals surface area contributed by atoms with E-state index in [9.17, 15) is 4.79 Å². The highest BCUT2D eigenvalue weighted by Gasteiger charge is 2.25. The highest BCUT2D eigenvalue weighted by molar-refractivity contribution is 6.02. The topological polar surface area (TPSA) is 63.2 Å². The fourth-order valence-corrected chi connectivity index (χ4v) is 3.07. The number of rotatable bonds is 2. The Hall–Kier alpha value is -3.41. The summed E-state index contributed by atoms with van der Waals surface area (Å²) in [5.41, 5.74) is 3.10. The number of cyclic esters (lactones) is 1. The highest BCUT2D eigenvalue weighted by Crippen LogP contribution is 2.36. The molecular formula is C20H14O6. The molecule has 3 aliphatic rings. The second-order valence-electron chi connectivity index (χ2n) is 6.03. The zero-order chi connectivity index (χ0) is 17.5. The number of carbonyl (C=O) groups is 1. The van der Waals surface area contributed by atoms with Crippen molar-refractivity contribution < 1.29 is 28.5 Å². The Morgan fingerprint density at radius 1 is 0.692 bits per heavy atom. The molecule has 0 bridgehead atoms. The van der Waals surface area contributed by atoms with Gasteiger partial charge in [0, 0.05) is 5.57 Å². The van der Waals surface area contributed by atoms with Gasteiger partial charge in [0.2, 0.25) is 13.6 Å². The van der Waals surface area contributed by atoms with E-state index in [4.69, 9.17) is 23.7 Å². The fourth-order valence-electron chi connectivity index (χ4n) is 3.07. The van der Waals surface area contributed by atoms with Gasteiger partial charge in [0.1, 0.15) is 6.61 Å². The minimum atomic E-state index is -0.338. The predicted molar refractivity (Wildman–Crippen MR) is 92.0 cm³/mol. The lowest BCUT2D eigenvalue weighted by atomic mass is 10.0. The van der Waals surface area contributed by atoms with Gasteiger partial charge < -0.3 is 23.7 Å². The standard InChI is InChI=1S/C20H14O6/c21-20-15(6-13-2-4-17-19(8-13)26-11-24-17)14(9-22-20)5-12-1-3-16-18(7-12)25-10-23-16/h1-8H,9-11H2. The third-order valence-electron chi connectivity index (χ3n) is 4.37. The minimum absolute atomic E-state index is 0.215. The number of hydrogen-bond acceptors (Lipinski definition) is 6. The summed E-state index contributed by atoms with van der Waals surface area (Å²) in [6, 6.07) is 11.2. The van der Waals surface area contributed by atoms with Crippen molar-refractivity contribution >= 4 is 18.1 Å². The van der Waals surface area contributed by atoms with Gasteiger partial charge in [0.25, 0.3) is 0 Å². The van der Waals surface area contributed by atoms with Crippen LogP contribution in [0.1, 0.15) is 11.1 Å². The van der Waals surface area contributed by atoms with Gasteiger partial charge in [-0.3, -0.25) is 0 Å². The summed E-state index contributed by atoms with van der Waals surface area (Å²) >= 11 is 0. The van der Waals surface area contributed by atoms with Crippen LogP contribution in [-0.4, -0.2) is 26.2 Å². The fraction of sp³-hybridized carbons (Fsp3) is 0.150. The van der Waals surface area contributed by atoms with Crippen LogP contribution in [0.25, 0.3) is 12.2 Å². The Balaban J connectivity index is 1.49. The maximum Gasteiger partial charge on any atom is 0.338 e. The number of benzene rings is 2. The van der Waals surface area contributed by atoms with Crippen LogP contribution in [-0.2, 0) is 9.53 Å². The number of hydrogen-bond donors (Lipinski definition) is 0. The zero-order valence-corrected chi connectivity index (χ0v) is 13.7. The molecule has 0 radical (unpaired) electrons. The predicted octanol–water partition coefficient (Wildman–Crippen LogP) is 3.17. The number of fused-ring (bicyclic) bond motifs is 2. The molecule has 2 aromatic carbocycles. The normalized spacial score (nSPS) is 20.1. The SMILES string of the molecule is O=C1OCC(=Cc2ccc3c(c2)OCO3)C1=Cc1ccc2c(c1)OCO2. The average Bonchev–Trinajstić information content (AvgIpc) is 3.37. The molecule has 3 heterocycles. The van der Waals surface area contributed by atoms with Crippen molar-refractivity contribution in [1.29, 1.82) is 0 Å². The second kappa shape index (κ2) is 5.84. The van der Waals surface area contributed by atoms with E-state index in [1.54, 1.807) is 6.08 Å². The number of carbonyl (C=O) groups excluding carboxylic acids is 1. The van der Waals surface area contributed by atoms with Crippen LogP contribution in [0.2, 0.25) is 0 Å². The van der Waals surface area contributed by atoms with Crippen LogP contribution < -0.4 is 18.9 Å². The summed E-state index contributed by atoms with van der Waals surface area (Å²) in [5.74, 6) is 2.46. The van der Waals surface area contributed by atoms with Crippen molar-refractivity contribution in [3.05, 3.63) is 58.7 Å². The largest absolute Gasteiger partial charge is 0.457 e. The molecule has 6 nitrogen and oxygen atoms in total. The molecule has 2 aromatic rings. The molecule has 0 saturated carbocycles. The quantitative estimate of drug-likeness (QED) is 0.612. The molecule has 1 saturated heterocycles. The third kappa shape index (κ3) is 2.56. The lowest BCUT2D eigenvalue weighted by Crippen LogP contribution is -1.95. The zero-order valence-electron chi connectivity index (χ0n) is 13.7. The lowest BCUT2D eigenvalue weighted by Gasteiger charge is -2.02. The van der Waals surface area contributed by atoms with E-state index in [1.165, 1.54) is 0 Å².